The van der Waals surface area contributed by atoms with Crippen LogP contribution in [0.2, 0.25) is 0 Å². The van der Waals surface area contributed by atoms with E-state index in [9.17, 15) is 4.79 Å². The molecule has 110 valence electrons. The van der Waals surface area contributed by atoms with Crippen molar-refractivity contribution in [1.29, 1.82) is 0 Å². The molecule has 1 N–H and O–H groups in total. The van der Waals surface area contributed by atoms with E-state index in [1.54, 1.807) is 0 Å². The minimum atomic E-state index is -0.184. The summed E-state index contributed by atoms with van der Waals surface area (Å²) in [5, 5.41) is 8.85. The van der Waals surface area contributed by atoms with E-state index < -0.39 is 0 Å². The molecule has 2 unspecified atom stereocenters. The summed E-state index contributed by atoms with van der Waals surface area (Å²) >= 11 is 0. The van der Waals surface area contributed by atoms with Crippen molar-refractivity contribution in [3.63, 3.8) is 0 Å². The van der Waals surface area contributed by atoms with Crippen LogP contribution in [0.4, 0.5) is 0 Å². The molecule has 3 nitrogen and oxygen atoms in total. The molecule has 2 fully saturated rings. The van der Waals surface area contributed by atoms with E-state index in [0.29, 0.717) is 17.5 Å². The van der Waals surface area contributed by atoms with Crippen molar-refractivity contribution < 1.29 is 9.90 Å². The van der Waals surface area contributed by atoms with Gasteiger partial charge in [0.2, 0.25) is 0 Å². The first kappa shape index (κ1) is 14.2. The molecular weight excluding hydrogens is 262 g/mol. The number of fused-ring (bicyclic) bond motifs is 1. The Hall–Kier alpha value is -1.79. The molecular formula is C18H21NO2. The SMILES string of the molecule is O=C(c1ccccc1C#CCO)N1CCC2CCCCC21. The van der Waals surface area contributed by atoms with Crippen LogP contribution in [-0.4, -0.2) is 35.1 Å². The summed E-state index contributed by atoms with van der Waals surface area (Å²) in [4.78, 5) is 14.9. The number of hydrogen-bond acceptors (Lipinski definition) is 2. The molecule has 1 aliphatic heterocycles. The molecule has 1 saturated carbocycles. The van der Waals surface area contributed by atoms with E-state index in [1.807, 2.05) is 24.3 Å². The largest absolute Gasteiger partial charge is 0.384 e. The lowest BCUT2D eigenvalue weighted by Gasteiger charge is -2.31. The maximum absolute atomic E-state index is 12.9. The Labute approximate surface area is 126 Å². The van der Waals surface area contributed by atoms with E-state index in [4.69, 9.17) is 5.11 Å². The van der Waals surface area contributed by atoms with E-state index in [1.165, 1.54) is 19.3 Å². The van der Waals surface area contributed by atoms with Gasteiger partial charge in [-0.1, -0.05) is 36.8 Å². The van der Waals surface area contributed by atoms with Crippen LogP contribution in [0.15, 0.2) is 24.3 Å². The zero-order valence-electron chi connectivity index (χ0n) is 12.2. The molecule has 1 aromatic rings. The standard InChI is InChI=1S/C18H21NO2/c20-13-5-8-14-6-1-3-9-16(14)18(21)19-12-11-15-7-2-4-10-17(15)19/h1,3,6,9,15,17,20H,2,4,7,10-13H2. The Balaban J connectivity index is 1.85. The Kier molecular flexibility index (Phi) is 4.26. The molecule has 1 heterocycles. The normalized spacial score (nSPS) is 24.1. The van der Waals surface area contributed by atoms with Gasteiger partial charge in [-0.2, -0.15) is 0 Å². The van der Waals surface area contributed by atoms with Gasteiger partial charge in [-0.15, -0.1) is 0 Å². The van der Waals surface area contributed by atoms with Crippen LogP contribution in [0.1, 0.15) is 48.0 Å². The number of hydrogen-bond donors (Lipinski definition) is 1. The van der Waals surface area contributed by atoms with Crippen LogP contribution in [0, 0.1) is 17.8 Å². The second-order valence-electron chi connectivity index (χ2n) is 5.90. The number of aliphatic hydroxyl groups is 1. The molecule has 1 saturated heterocycles. The summed E-state index contributed by atoms with van der Waals surface area (Å²) in [5.74, 6) is 6.33. The van der Waals surface area contributed by atoms with Gasteiger partial charge in [0, 0.05) is 18.2 Å². The molecule has 0 radical (unpaired) electrons. The highest BCUT2D eigenvalue weighted by Crippen LogP contribution is 2.37. The monoisotopic (exact) mass is 283 g/mol. The number of likely N-dealkylation sites (tertiary alicyclic amines) is 1. The van der Waals surface area contributed by atoms with Crippen molar-refractivity contribution in [3.8, 4) is 11.8 Å². The van der Waals surface area contributed by atoms with Crippen LogP contribution >= 0.6 is 0 Å². The van der Waals surface area contributed by atoms with Gasteiger partial charge >= 0.3 is 0 Å². The van der Waals surface area contributed by atoms with Gasteiger partial charge in [-0.3, -0.25) is 4.79 Å². The lowest BCUT2D eigenvalue weighted by atomic mass is 9.85. The molecule has 21 heavy (non-hydrogen) atoms. The number of carbonyl (C=O) groups is 1. The van der Waals surface area contributed by atoms with Gasteiger partial charge in [-0.25, -0.2) is 0 Å². The van der Waals surface area contributed by atoms with Gasteiger partial charge in [0.15, 0.2) is 0 Å². The zero-order chi connectivity index (χ0) is 14.7. The van der Waals surface area contributed by atoms with E-state index in [-0.39, 0.29) is 12.5 Å². The lowest BCUT2D eigenvalue weighted by molar-refractivity contribution is 0.0690. The summed E-state index contributed by atoms with van der Waals surface area (Å²) in [6.07, 6.45) is 6.08. The fraction of sp³-hybridized carbons (Fsp3) is 0.500. The van der Waals surface area contributed by atoms with E-state index in [2.05, 4.69) is 16.7 Å². The fourth-order valence-electron chi connectivity index (χ4n) is 3.73. The molecule has 0 spiro atoms. The number of nitrogens with zero attached hydrogens (tertiary/aromatic N) is 1. The molecule has 1 aromatic carbocycles. The third kappa shape index (κ3) is 2.82. The average Bonchev–Trinajstić information content (AvgIpc) is 2.96. The highest BCUT2D eigenvalue weighted by atomic mass is 16.2. The molecule has 2 atom stereocenters. The summed E-state index contributed by atoms with van der Waals surface area (Å²) < 4.78 is 0. The quantitative estimate of drug-likeness (QED) is 0.804. The topological polar surface area (TPSA) is 40.5 Å². The van der Waals surface area contributed by atoms with Gasteiger partial charge in [-0.05, 0) is 37.3 Å². The number of aliphatic hydroxyl groups excluding tert-OH is 1. The van der Waals surface area contributed by atoms with Crippen molar-refractivity contribution in [3.05, 3.63) is 35.4 Å². The van der Waals surface area contributed by atoms with Crippen LogP contribution in [-0.2, 0) is 0 Å². The summed E-state index contributed by atoms with van der Waals surface area (Å²) in [5.41, 5.74) is 1.39. The molecule has 1 aliphatic carbocycles. The molecule has 3 heteroatoms. The smallest absolute Gasteiger partial charge is 0.255 e. The maximum atomic E-state index is 12.9. The first-order valence-corrected chi connectivity index (χ1v) is 7.81. The maximum Gasteiger partial charge on any atom is 0.255 e. The Morgan fingerprint density at radius 3 is 2.90 bits per heavy atom. The Bertz CT molecular complexity index is 584. The summed E-state index contributed by atoms with van der Waals surface area (Å²) in [6, 6.07) is 7.88. The van der Waals surface area contributed by atoms with Crippen LogP contribution < -0.4 is 0 Å². The second-order valence-corrected chi connectivity index (χ2v) is 5.90. The molecule has 2 aliphatic rings. The number of amides is 1. The average molecular weight is 283 g/mol. The molecule has 1 amide bonds. The molecule has 0 bridgehead atoms. The Morgan fingerprint density at radius 2 is 2.05 bits per heavy atom. The fourth-order valence-corrected chi connectivity index (χ4v) is 3.73. The molecule has 0 aromatic heterocycles. The van der Waals surface area contributed by atoms with E-state index in [0.717, 1.165) is 24.9 Å². The van der Waals surface area contributed by atoms with Gasteiger partial charge in [0.05, 0.1) is 5.56 Å². The van der Waals surface area contributed by atoms with Crippen molar-refractivity contribution >= 4 is 5.91 Å². The predicted octanol–water partition coefficient (Wildman–Crippen LogP) is 2.44. The lowest BCUT2D eigenvalue weighted by Crippen LogP contribution is -2.39. The number of carbonyl (C=O) groups excluding carboxylic acids is 1. The van der Waals surface area contributed by atoms with Gasteiger partial charge < -0.3 is 10.0 Å². The summed E-state index contributed by atoms with van der Waals surface area (Å²) in [7, 11) is 0. The zero-order valence-corrected chi connectivity index (χ0v) is 12.2. The third-order valence-corrected chi connectivity index (χ3v) is 4.73. The van der Waals surface area contributed by atoms with E-state index >= 15 is 0 Å². The first-order chi connectivity index (χ1) is 10.3. The Morgan fingerprint density at radius 1 is 1.24 bits per heavy atom. The van der Waals surface area contributed by atoms with Gasteiger partial charge in [0.1, 0.15) is 6.61 Å². The van der Waals surface area contributed by atoms with Crippen molar-refractivity contribution in [2.75, 3.05) is 13.2 Å². The van der Waals surface area contributed by atoms with Crippen LogP contribution in [0.25, 0.3) is 0 Å². The van der Waals surface area contributed by atoms with Crippen molar-refractivity contribution in [1.82, 2.24) is 4.90 Å². The first-order valence-electron chi connectivity index (χ1n) is 7.81. The third-order valence-electron chi connectivity index (χ3n) is 4.73. The highest BCUT2D eigenvalue weighted by molar-refractivity contribution is 5.97. The minimum absolute atomic E-state index is 0.104. The number of rotatable bonds is 1. The predicted molar refractivity (Wildman–Crippen MR) is 81.8 cm³/mol. The second kappa shape index (κ2) is 6.32. The van der Waals surface area contributed by atoms with Crippen LogP contribution in [0.5, 0.6) is 0 Å². The highest BCUT2D eigenvalue weighted by Gasteiger charge is 2.38. The minimum Gasteiger partial charge on any atom is -0.384 e. The number of benzene rings is 1. The van der Waals surface area contributed by atoms with Crippen LogP contribution in [0.3, 0.4) is 0 Å². The van der Waals surface area contributed by atoms with Crippen molar-refractivity contribution in [2.24, 2.45) is 5.92 Å². The molecule has 3 rings (SSSR count). The van der Waals surface area contributed by atoms with Crippen molar-refractivity contribution in [2.45, 2.75) is 38.1 Å². The summed E-state index contributed by atoms with van der Waals surface area (Å²) in [6.45, 7) is 0.687. The van der Waals surface area contributed by atoms with Gasteiger partial charge in [0.25, 0.3) is 5.91 Å².